The Balaban J connectivity index is 1.19. The number of thiazole rings is 1. The van der Waals surface area contributed by atoms with Crippen molar-refractivity contribution < 1.29 is 42.3 Å². The molecule has 344 valence electrons. The first kappa shape index (κ1) is 48.6. The Morgan fingerprint density at radius 1 is 0.844 bits per heavy atom. The minimum Gasteiger partial charge on any atom is -0.460 e. The van der Waals surface area contributed by atoms with Crippen LogP contribution in [-0.4, -0.2) is 82.5 Å². The van der Waals surface area contributed by atoms with Crippen molar-refractivity contribution in [2.45, 2.75) is 130 Å². The standard InChI is InChI=1S/C49H63N4O9PS/c1-30(32-20-22-33(23-21-32)42-31(2)50-29-64-42)51-44(55)40-26-34(60-41(54)24-25-63(58,61-48(6,7)8)62-49(9,10)11)27-53(40)45(56)43(47(3,4)5)52-46(57)59-28-39-37-18-14-12-16-35(37)36-17-13-15-19-38(36)39/h12-23,29-30,34,39-40,43H,24-28H2,1-11H3,(H,51,55)(H,52,57)/t30-,34+,40-,43+/m0/s1. The predicted molar refractivity (Wildman–Crippen MR) is 249 cm³/mol. The van der Waals surface area contributed by atoms with Crippen LogP contribution in [0.5, 0.6) is 0 Å². The van der Waals surface area contributed by atoms with Gasteiger partial charge in [0, 0.05) is 12.3 Å². The number of carbonyl (C=O) groups excluding carboxylic acids is 4. The van der Waals surface area contributed by atoms with Gasteiger partial charge in [0.05, 0.1) is 52.5 Å². The topological polar surface area (TPSA) is 162 Å². The molecule has 2 heterocycles. The van der Waals surface area contributed by atoms with Crippen molar-refractivity contribution in [2.24, 2.45) is 5.41 Å². The Bertz CT molecular complexity index is 2310. The molecule has 15 heteroatoms. The Morgan fingerprint density at radius 3 is 1.95 bits per heavy atom. The number of rotatable bonds is 14. The summed E-state index contributed by atoms with van der Waals surface area (Å²) in [5, 5.41) is 5.90. The number of benzene rings is 3. The highest BCUT2D eigenvalue weighted by Crippen LogP contribution is 2.55. The smallest absolute Gasteiger partial charge is 0.407 e. The van der Waals surface area contributed by atoms with E-state index < -0.39 is 72.3 Å². The molecule has 3 amide bonds. The van der Waals surface area contributed by atoms with Gasteiger partial charge in [0.2, 0.25) is 11.8 Å². The zero-order valence-electron chi connectivity index (χ0n) is 38.9. The third-order valence-electron chi connectivity index (χ3n) is 11.1. The first-order valence-electron chi connectivity index (χ1n) is 21.8. The number of fused-ring (bicyclic) bond motifs is 3. The van der Waals surface area contributed by atoms with Gasteiger partial charge in [0.15, 0.2) is 0 Å². The molecule has 4 aromatic rings. The molecule has 1 fully saturated rings. The molecule has 1 saturated heterocycles. The maximum Gasteiger partial charge on any atom is 0.407 e. The summed E-state index contributed by atoms with van der Waals surface area (Å²) in [6.07, 6.45) is -2.17. The fourth-order valence-corrected chi connectivity index (χ4v) is 11.4. The Kier molecular flexibility index (Phi) is 14.6. The molecular weight excluding hydrogens is 852 g/mol. The van der Waals surface area contributed by atoms with Gasteiger partial charge < -0.3 is 34.1 Å². The van der Waals surface area contributed by atoms with Gasteiger partial charge in [-0.1, -0.05) is 93.6 Å². The quantitative estimate of drug-likeness (QED) is 0.0920. The second-order valence-electron chi connectivity index (χ2n) is 19.7. The summed E-state index contributed by atoms with van der Waals surface area (Å²) in [5.41, 5.74) is 6.44. The molecule has 0 saturated carbocycles. The molecular formula is C49H63N4O9PS. The Labute approximate surface area is 381 Å². The molecule has 0 bridgehead atoms. The van der Waals surface area contributed by atoms with Gasteiger partial charge in [-0.2, -0.15) is 0 Å². The van der Waals surface area contributed by atoms with E-state index >= 15 is 0 Å². The van der Waals surface area contributed by atoms with Gasteiger partial charge in [-0.15, -0.1) is 11.3 Å². The van der Waals surface area contributed by atoms with Crippen LogP contribution in [0.1, 0.15) is 116 Å². The summed E-state index contributed by atoms with van der Waals surface area (Å²) in [4.78, 5) is 63.0. The maximum atomic E-state index is 14.8. The SMILES string of the molecule is Cc1ncsc1-c1ccc([C@H](C)NC(=O)[C@@H]2C[C@@H](OC(=O)CCP(=O)(OC(C)(C)C)OC(C)(C)C)CN2C(=O)[C@@H](NC(=O)OCC2c3ccccc3-c3ccccc32)C(C)(C)C)cc1. The van der Waals surface area contributed by atoms with Gasteiger partial charge in [0.25, 0.3) is 0 Å². The molecule has 6 rings (SSSR count). The fraction of sp³-hybridized carbons (Fsp3) is 0.490. The number of aromatic nitrogens is 1. The molecule has 3 aromatic carbocycles. The number of hydrogen-bond donors (Lipinski definition) is 2. The molecule has 0 spiro atoms. The summed E-state index contributed by atoms with van der Waals surface area (Å²) in [5.74, 6) is -1.84. The van der Waals surface area contributed by atoms with E-state index in [1.807, 2.05) is 95.3 Å². The zero-order chi connectivity index (χ0) is 46.8. The first-order valence-corrected chi connectivity index (χ1v) is 24.4. The summed E-state index contributed by atoms with van der Waals surface area (Å²) in [7, 11) is -3.76. The van der Waals surface area contributed by atoms with Crippen LogP contribution < -0.4 is 10.6 Å². The van der Waals surface area contributed by atoms with Crippen molar-refractivity contribution in [3.05, 3.63) is 101 Å². The molecule has 64 heavy (non-hydrogen) atoms. The number of esters is 1. The van der Waals surface area contributed by atoms with Crippen molar-refractivity contribution in [2.75, 3.05) is 19.3 Å². The number of carbonyl (C=O) groups is 4. The average molecular weight is 915 g/mol. The van der Waals surface area contributed by atoms with E-state index in [1.165, 1.54) is 4.90 Å². The molecule has 2 N–H and O–H groups in total. The lowest BCUT2D eigenvalue weighted by molar-refractivity contribution is -0.149. The molecule has 0 radical (unpaired) electrons. The van der Waals surface area contributed by atoms with Gasteiger partial charge >= 0.3 is 19.7 Å². The molecule has 13 nitrogen and oxygen atoms in total. The molecule has 1 aliphatic heterocycles. The minimum atomic E-state index is -3.76. The van der Waals surface area contributed by atoms with Crippen molar-refractivity contribution >= 4 is 42.8 Å². The maximum absolute atomic E-state index is 14.8. The van der Waals surface area contributed by atoms with E-state index in [1.54, 1.807) is 58.4 Å². The minimum absolute atomic E-state index is 0.00389. The lowest BCUT2D eigenvalue weighted by Gasteiger charge is -2.35. The van der Waals surface area contributed by atoms with E-state index in [2.05, 4.69) is 27.8 Å². The average Bonchev–Trinajstić information content (AvgIpc) is 3.92. The predicted octanol–water partition coefficient (Wildman–Crippen LogP) is 9.98. The summed E-state index contributed by atoms with van der Waals surface area (Å²) < 4.78 is 37.4. The van der Waals surface area contributed by atoms with Crippen LogP contribution in [0.15, 0.2) is 78.3 Å². The highest BCUT2D eigenvalue weighted by Gasteiger charge is 2.47. The normalized spacial score (nSPS) is 17.6. The van der Waals surface area contributed by atoms with Crippen LogP contribution in [0.25, 0.3) is 21.6 Å². The zero-order valence-corrected chi connectivity index (χ0v) is 40.6. The highest BCUT2D eigenvalue weighted by atomic mass is 32.1. The number of ether oxygens (including phenoxy) is 2. The van der Waals surface area contributed by atoms with E-state index in [4.69, 9.17) is 18.5 Å². The lowest BCUT2D eigenvalue weighted by atomic mass is 9.85. The van der Waals surface area contributed by atoms with E-state index in [0.717, 1.165) is 44.0 Å². The van der Waals surface area contributed by atoms with Crippen LogP contribution in [0.2, 0.25) is 0 Å². The first-order chi connectivity index (χ1) is 29.9. The number of nitrogens with zero attached hydrogens (tertiary/aromatic N) is 2. The second-order valence-corrected chi connectivity index (χ2v) is 22.6. The number of hydrogen-bond acceptors (Lipinski definition) is 11. The van der Waals surface area contributed by atoms with Crippen molar-refractivity contribution in [1.29, 1.82) is 0 Å². The number of aryl methyl sites for hydroxylation is 1. The third-order valence-corrected chi connectivity index (χ3v) is 14.5. The van der Waals surface area contributed by atoms with Gasteiger partial charge in [0.1, 0.15) is 24.8 Å². The van der Waals surface area contributed by atoms with Crippen LogP contribution >= 0.6 is 18.9 Å². The van der Waals surface area contributed by atoms with Gasteiger partial charge in [-0.05, 0) is 94.2 Å². The summed E-state index contributed by atoms with van der Waals surface area (Å²) in [6.45, 7) is 19.7. The van der Waals surface area contributed by atoms with Crippen LogP contribution in [0, 0.1) is 12.3 Å². The van der Waals surface area contributed by atoms with Crippen LogP contribution in [0.4, 0.5) is 4.79 Å². The molecule has 1 aliphatic carbocycles. The van der Waals surface area contributed by atoms with E-state index in [0.29, 0.717) is 0 Å². The molecule has 4 atom stereocenters. The van der Waals surface area contributed by atoms with Gasteiger partial charge in [-0.3, -0.25) is 18.9 Å². The monoisotopic (exact) mass is 914 g/mol. The largest absolute Gasteiger partial charge is 0.460 e. The number of nitrogens with one attached hydrogen (secondary N) is 2. The van der Waals surface area contributed by atoms with Crippen molar-refractivity contribution in [1.82, 2.24) is 20.5 Å². The van der Waals surface area contributed by atoms with Gasteiger partial charge in [-0.25, -0.2) is 9.78 Å². The van der Waals surface area contributed by atoms with Crippen molar-refractivity contribution in [3.8, 4) is 21.6 Å². The summed E-state index contributed by atoms with van der Waals surface area (Å²) >= 11 is 1.56. The van der Waals surface area contributed by atoms with E-state index in [9.17, 15) is 23.7 Å². The van der Waals surface area contributed by atoms with Crippen LogP contribution in [0.3, 0.4) is 0 Å². The fourth-order valence-electron chi connectivity index (χ4n) is 8.26. The number of alkyl carbamates (subject to hydrolysis) is 1. The van der Waals surface area contributed by atoms with Crippen LogP contribution in [-0.2, 0) is 37.5 Å². The highest BCUT2D eigenvalue weighted by molar-refractivity contribution is 7.54. The second kappa shape index (κ2) is 19.3. The van der Waals surface area contributed by atoms with E-state index in [-0.39, 0.29) is 38.1 Å². The molecule has 2 aliphatic rings. The lowest BCUT2D eigenvalue weighted by Crippen LogP contribution is -2.58. The summed E-state index contributed by atoms with van der Waals surface area (Å²) in [6, 6.07) is 21.3. The Morgan fingerprint density at radius 2 is 1.42 bits per heavy atom. The molecule has 0 unspecified atom stereocenters. The third kappa shape index (κ3) is 12.1. The number of amides is 3. The molecule has 1 aromatic heterocycles. The number of likely N-dealkylation sites (tertiary alicyclic amines) is 1. The van der Waals surface area contributed by atoms with Crippen molar-refractivity contribution in [3.63, 3.8) is 0 Å². The Hall–Kier alpha value is -4.88.